The third-order valence-electron chi connectivity index (χ3n) is 6.79. The summed E-state index contributed by atoms with van der Waals surface area (Å²) in [6.07, 6.45) is -5.16. The van der Waals surface area contributed by atoms with Gasteiger partial charge in [0.15, 0.2) is 0 Å². The molecule has 0 aromatic heterocycles. The molecule has 0 atom stereocenters. The van der Waals surface area contributed by atoms with E-state index < -0.39 is 39.8 Å². The fraction of sp³-hybridized carbons (Fsp3) is 0.464. The summed E-state index contributed by atoms with van der Waals surface area (Å²) < 4.78 is 96.0. The molecule has 1 saturated carbocycles. The fourth-order valence-electron chi connectivity index (χ4n) is 4.74. The van der Waals surface area contributed by atoms with Gasteiger partial charge in [-0.15, -0.1) is 0 Å². The van der Waals surface area contributed by atoms with Crippen molar-refractivity contribution >= 4 is 23.7 Å². The largest absolute Gasteiger partial charge is 0.490 e. The van der Waals surface area contributed by atoms with Crippen molar-refractivity contribution in [1.29, 1.82) is 0 Å². The van der Waals surface area contributed by atoms with Crippen LogP contribution in [0.15, 0.2) is 52.3 Å². The van der Waals surface area contributed by atoms with Gasteiger partial charge in [0, 0.05) is 29.0 Å². The van der Waals surface area contributed by atoms with Crippen LogP contribution in [0.4, 0.5) is 26.3 Å². The number of amides is 1. The molecule has 212 valence electrons. The molecule has 1 saturated heterocycles. The third-order valence-corrected chi connectivity index (χ3v) is 7.84. The Hall–Kier alpha value is -2.66. The van der Waals surface area contributed by atoms with E-state index in [1.807, 2.05) is 0 Å². The van der Waals surface area contributed by atoms with E-state index in [1.54, 1.807) is 18.2 Å². The van der Waals surface area contributed by atoms with Crippen molar-refractivity contribution in [1.82, 2.24) is 4.90 Å². The monoisotopic (exact) mass is 573 g/mol. The molecule has 0 unspecified atom stereocenters. The van der Waals surface area contributed by atoms with Crippen LogP contribution in [0.1, 0.15) is 49.3 Å². The van der Waals surface area contributed by atoms with Crippen molar-refractivity contribution < 1.29 is 40.6 Å². The lowest BCUT2D eigenvalue weighted by Gasteiger charge is -2.27. The van der Waals surface area contributed by atoms with E-state index >= 15 is 0 Å². The summed E-state index contributed by atoms with van der Waals surface area (Å²) in [5, 5.41) is 0. The summed E-state index contributed by atoms with van der Waals surface area (Å²) in [5.74, 6) is 0.485. The van der Waals surface area contributed by atoms with Crippen LogP contribution >= 0.6 is 11.8 Å². The maximum Gasteiger partial charge on any atom is 0.418 e. The SMILES string of the molecule is CC1CCC(Oc2cccc(Sc3ccc(/C=C/C(=O)N4CCOCC4)c(C(F)(F)F)c3C(F)(F)F)c2)CC1. The Labute approximate surface area is 227 Å². The second-order valence-electron chi connectivity index (χ2n) is 9.75. The second kappa shape index (κ2) is 12.2. The van der Waals surface area contributed by atoms with Crippen LogP contribution < -0.4 is 4.74 Å². The minimum Gasteiger partial charge on any atom is -0.490 e. The molecular formula is C28H29F6NO3S. The normalized spacial score (nSPS) is 20.8. The lowest BCUT2D eigenvalue weighted by Crippen LogP contribution is -2.39. The number of morpholine rings is 1. The predicted molar refractivity (Wildman–Crippen MR) is 135 cm³/mol. The topological polar surface area (TPSA) is 38.8 Å². The Morgan fingerprint density at radius 2 is 1.64 bits per heavy atom. The molecule has 1 amide bonds. The number of carbonyl (C=O) groups is 1. The standard InChI is InChI=1S/C28H29F6NO3S/c1-18-5-9-20(10-6-18)38-21-3-2-4-22(17-21)39-23-11-7-19(8-12-24(36)35-13-15-37-16-14-35)25(27(29,30)31)26(23)28(32,33)34/h2-4,7-8,11-12,17-18,20H,5-6,9-10,13-16H2,1H3/b12-8+. The van der Waals surface area contributed by atoms with Gasteiger partial charge in [-0.1, -0.05) is 30.8 Å². The van der Waals surface area contributed by atoms with Gasteiger partial charge in [-0.2, -0.15) is 26.3 Å². The van der Waals surface area contributed by atoms with Gasteiger partial charge in [0.05, 0.1) is 30.4 Å². The summed E-state index contributed by atoms with van der Waals surface area (Å²) >= 11 is 0.591. The zero-order valence-corrected chi connectivity index (χ0v) is 22.1. The average Bonchev–Trinajstić information content (AvgIpc) is 2.88. The summed E-state index contributed by atoms with van der Waals surface area (Å²) in [6.45, 7) is 3.24. The molecule has 11 heteroatoms. The van der Waals surface area contributed by atoms with Gasteiger partial charge in [-0.25, -0.2) is 0 Å². The fourth-order valence-corrected chi connectivity index (χ4v) is 5.77. The van der Waals surface area contributed by atoms with Gasteiger partial charge in [0.25, 0.3) is 0 Å². The number of ether oxygens (including phenoxy) is 2. The van der Waals surface area contributed by atoms with Gasteiger partial charge in [-0.3, -0.25) is 4.79 Å². The zero-order valence-electron chi connectivity index (χ0n) is 21.3. The first-order valence-electron chi connectivity index (χ1n) is 12.7. The highest BCUT2D eigenvalue weighted by Gasteiger charge is 2.46. The van der Waals surface area contributed by atoms with E-state index in [1.165, 1.54) is 11.0 Å². The number of nitrogens with zero attached hydrogens (tertiary/aromatic N) is 1. The van der Waals surface area contributed by atoms with Crippen molar-refractivity contribution in [3.63, 3.8) is 0 Å². The Morgan fingerprint density at radius 3 is 2.28 bits per heavy atom. The Bertz CT molecular complexity index is 1180. The van der Waals surface area contributed by atoms with Gasteiger partial charge in [-0.05, 0) is 67.5 Å². The van der Waals surface area contributed by atoms with Crippen molar-refractivity contribution in [3.05, 3.63) is 59.2 Å². The van der Waals surface area contributed by atoms with E-state index in [-0.39, 0.29) is 32.4 Å². The highest BCUT2D eigenvalue weighted by molar-refractivity contribution is 7.99. The molecule has 0 spiro atoms. The van der Waals surface area contributed by atoms with Crippen LogP contribution in [0.2, 0.25) is 0 Å². The molecule has 2 aromatic carbocycles. The lowest BCUT2D eigenvalue weighted by atomic mass is 9.89. The van der Waals surface area contributed by atoms with E-state index in [4.69, 9.17) is 9.47 Å². The van der Waals surface area contributed by atoms with Crippen molar-refractivity contribution in [2.24, 2.45) is 5.92 Å². The highest BCUT2D eigenvalue weighted by atomic mass is 32.2. The van der Waals surface area contributed by atoms with Gasteiger partial charge < -0.3 is 14.4 Å². The molecule has 0 N–H and O–H groups in total. The third kappa shape index (κ3) is 7.72. The summed E-state index contributed by atoms with van der Waals surface area (Å²) in [7, 11) is 0. The molecule has 1 aliphatic heterocycles. The number of hydrogen-bond acceptors (Lipinski definition) is 4. The average molecular weight is 574 g/mol. The molecule has 0 radical (unpaired) electrons. The number of halogens is 6. The Balaban J connectivity index is 1.64. The van der Waals surface area contributed by atoms with E-state index in [2.05, 4.69) is 6.92 Å². The number of rotatable bonds is 6. The van der Waals surface area contributed by atoms with Crippen LogP contribution in [0.25, 0.3) is 6.08 Å². The van der Waals surface area contributed by atoms with Crippen LogP contribution in [-0.2, 0) is 21.9 Å². The molecule has 4 nitrogen and oxygen atoms in total. The number of benzene rings is 2. The maximum absolute atomic E-state index is 14.2. The molecule has 39 heavy (non-hydrogen) atoms. The van der Waals surface area contributed by atoms with Crippen LogP contribution in [-0.4, -0.2) is 43.2 Å². The molecule has 4 rings (SSSR count). The quantitative estimate of drug-likeness (QED) is 0.262. The minimum absolute atomic E-state index is 0.00439. The van der Waals surface area contributed by atoms with Crippen LogP contribution in [0, 0.1) is 5.92 Å². The minimum atomic E-state index is -5.31. The first kappa shape index (κ1) is 29.3. The van der Waals surface area contributed by atoms with E-state index in [0.29, 0.717) is 28.3 Å². The molecular weight excluding hydrogens is 544 g/mol. The van der Waals surface area contributed by atoms with Gasteiger partial charge in [0.2, 0.25) is 5.91 Å². The molecule has 0 bridgehead atoms. The number of alkyl halides is 6. The summed E-state index contributed by atoms with van der Waals surface area (Å²) in [5.41, 5.74) is -4.34. The zero-order chi connectivity index (χ0) is 28.2. The van der Waals surface area contributed by atoms with Crippen molar-refractivity contribution in [2.45, 2.75) is 60.9 Å². The second-order valence-corrected chi connectivity index (χ2v) is 10.9. The molecule has 1 heterocycles. The molecule has 2 fully saturated rings. The Kier molecular flexibility index (Phi) is 9.21. The molecule has 1 aliphatic carbocycles. The number of carbonyl (C=O) groups excluding carboxylic acids is 1. The first-order valence-corrected chi connectivity index (χ1v) is 13.5. The molecule has 2 aromatic rings. The first-order chi connectivity index (χ1) is 18.4. The molecule has 2 aliphatic rings. The highest BCUT2D eigenvalue weighted by Crippen LogP contribution is 2.48. The van der Waals surface area contributed by atoms with Gasteiger partial charge in [0.1, 0.15) is 5.75 Å². The van der Waals surface area contributed by atoms with Crippen LogP contribution in [0.5, 0.6) is 5.75 Å². The summed E-state index contributed by atoms with van der Waals surface area (Å²) in [4.78, 5) is 13.5. The van der Waals surface area contributed by atoms with Crippen LogP contribution in [0.3, 0.4) is 0 Å². The predicted octanol–water partition coefficient (Wildman–Crippen LogP) is 7.70. The number of hydrogen-bond donors (Lipinski definition) is 0. The van der Waals surface area contributed by atoms with E-state index in [9.17, 15) is 31.1 Å². The van der Waals surface area contributed by atoms with Crippen molar-refractivity contribution in [3.8, 4) is 5.75 Å². The van der Waals surface area contributed by atoms with Gasteiger partial charge >= 0.3 is 12.4 Å². The smallest absolute Gasteiger partial charge is 0.418 e. The maximum atomic E-state index is 14.2. The van der Waals surface area contributed by atoms with E-state index in [0.717, 1.165) is 50.0 Å². The van der Waals surface area contributed by atoms with Crippen molar-refractivity contribution in [2.75, 3.05) is 26.3 Å². The lowest BCUT2D eigenvalue weighted by molar-refractivity contribution is -0.163. The Morgan fingerprint density at radius 1 is 0.974 bits per heavy atom. The summed E-state index contributed by atoms with van der Waals surface area (Å²) in [6, 6.07) is 8.35.